The van der Waals surface area contributed by atoms with E-state index in [1.165, 1.54) is 0 Å². The lowest BCUT2D eigenvalue weighted by Gasteiger charge is -2.25. The van der Waals surface area contributed by atoms with Gasteiger partial charge >= 0.3 is 0 Å². The van der Waals surface area contributed by atoms with Crippen molar-refractivity contribution in [2.75, 3.05) is 26.3 Å². The Bertz CT molecular complexity index is 913. The molecule has 1 aromatic heterocycles. The first-order chi connectivity index (χ1) is 15.1. The van der Waals surface area contributed by atoms with Gasteiger partial charge in [0.2, 0.25) is 5.88 Å². The molecule has 2 aromatic carbocycles. The van der Waals surface area contributed by atoms with Crippen molar-refractivity contribution in [3.05, 3.63) is 66.2 Å². The smallest absolute Gasteiger partial charge is 0.222 e. The van der Waals surface area contributed by atoms with Crippen LogP contribution in [0.4, 0.5) is 0 Å². The highest BCUT2D eigenvalue weighted by atomic mass is 16.5. The number of nitrogens with zero attached hydrogens (tertiary/aromatic N) is 3. The number of ether oxygens (including phenoxy) is 2. The first-order valence-corrected chi connectivity index (χ1v) is 10.9. The van der Waals surface area contributed by atoms with E-state index in [1.54, 1.807) is 4.68 Å². The molecule has 6 nitrogen and oxygen atoms in total. The number of aliphatic hydroxyl groups excluding tert-OH is 1. The van der Waals surface area contributed by atoms with Crippen LogP contribution in [0, 0.1) is 0 Å². The number of aromatic nitrogens is 2. The van der Waals surface area contributed by atoms with Crippen LogP contribution in [-0.4, -0.2) is 52.2 Å². The number of benzene rings is 2. The Labute approximate surface area is 185 Å². The third-order valence-electron chi connectivity index (χ3n) is 5.00. The maximum absolute atomic E-state index is 10.4. The molecule has 1 atom stereocenters. The zero-order valence-electron chi connectivity index (χ0n) is 18.7. The van der Waals surface area contributed by atoms with Gasteiger partial charge < -0.3 is 14.6 Å². The Morgan fingerprint density at radius 3 is 2.35 bits per heavy atom. The Balaban J connectivity index is 1.94. The summed E-state index contributed by atoms with van der Waals surface area (Å²) in [5.74, 6) is 1.48. The zero-order chi connectivity index (χ0) is 22.1. The van der Waals surface area contributed by atoms with E-state index in [1.807, 2.05) is 62.5 Å². The molecule has 3 rings (SSSR count). The van der Waals surface area contributed by atoms with Crippen LogP contribution in [0.15, 0.2) is 60.7 Å². The van der Waals surface area contributed by atoms with Gasteiger partial charge in [-0.3, -0.25) is 4.90 Å². The van der Waals surface area contributed by atoms with E-state index in [2.05, 4.69) is 24.0 Å². The molecule has 3 aromatic rings. The zero-order valence-corrected chi connectivity index (χ0v) is 18.7. The molecular formula is C25H33N3O3. The number of aliphatic hydroxyl groups is 1. The summed E-state index contributed by atoms with van der Waals surface area (Å²) in [6, 6.07) is 19.9. The number of hydrogen-bond donors (Lipinski definition) is 1. The molecule has 6 heteroatoms. The second kappa shape index (κ2) is 11.6. The van der Waals surface area contributed by atoms with Crippen LogP contribution in [0.3, 0.4) is 0 Å². The summed E-state index contributed by atoms with van der Waals surface area (Å²) in [4.78, 5) is 2.24. The lowest BCUT2D eigenvalue weighted by Crippen LogP contribution is -2.35. The molecular weight excluding hydrogens is 390 g/mol. The average molecular weight is 424 g/mol. The fourth-order valence-corrected chi connectivity index (χ4v) is 3.63. The Morgan fingerprint density at radius 2 is 1.71 bits per heavy atom. The van der Waals surface area contributed by atoms with Gasteiger partial charge in [-0.1, -0.05) is 55.5 Å². The first kappa shape index (κ1) is 23.0. The third-order valence-corrected chi connectivity index (χ3v) is 5.00. The molecule has 0 saturated heterocycles. The summed E-state index contributed by atoms with van der Waals surface area (Å²) in [5.41, 5.74) is 2.95. The largest absolute Gasteiger partial charge is 0.439 e. The van der Waals surface area contributed by atoms with E-state index in [0.29, 0.717) is 32.2 Å². The van der Waals surface area contributed by atoms with E-state index >= 15 is 0 Å². The fraction of sp³-hybridized carbons (Fsp3) is 0.400. The van der Waals surface area contributed by atoms with Crippen molar-refractivity contribution in [1.29, 1.82) is 0 Å². The molecule has 0 aliphatic rings. The van der Waals surface area contributed by atoms with Gasteiger partial charge in [0.25, 0.3) is 0 Å². The molecule has 0 radical (unpaired) electrons. The highest BCUT2D eigenvalue weighted by Gasteiger charge is 2.23. The van der Waals surface area contributed by atoms with Gasteiger partial charge in [-0.2, -0.15) is 5.10 Å². The second-order valence-corrected chi connectivity index (χ2v) is 7.59. The van der Waals surface area contributed by atoms with Gasteiger partial charge in [0.1, 0.15) is 11.4 Å². The van der Waals surface area contributed by atoms with Gasteiger partial charge in [0.15, 0.2) is 0 Å². The summed E-state index contributed by atoms with van der Waals surface area (Å²) in [6.45, 7) is 7.02. The van der Waals surface area contributed by atoms with Crippen molar-refractivity contribution in [3.8, 4) is 22.9 Å². The quantitative estimate of drug-likeness (QED) is 0.465. The minimum Gasteiger partial charge on any atom is -0.439 e. The van der Waals surface area contributed by atoms with Crippen molar-refractivity contribution in [2.24, 2.45) is 7.05 Å². The summed E-state index contributed by atoms with van der Waals surface area (Å²) >= 11 is 0. The highest BCUT2D eigenvalue weighted by molar-refractivity contribution is 5.65. The molecule has 0 saturated carbocycles. The Kier molecular flexibility index (Phi) is 8.64. The Hall–Kier alpha value is -2.67. The van der Waals surface area contributed by atoms with Crippen molar-refractivity contribution in [2.45, 2.75) is 32.9 Å². The van der Waals surface area contributed by atoms with E-state index < -0.39 is 6.10 Å². The molecule has 0 spiro atoms. The molecule has 0 aliphatic carbocycles. The standard InChI is InChI=1S/C25H33N3O3/c1-4-16-28(17-21(29)19-30-5-2)18-23-24(20-12-8-6-9-13-20)26-27(3)25(23)31-22-14-10-7-11-15-22/h6-15,21,29H,4-5,16-19H2,1-3H3/t21-/m0/s1. The van der Waals surface area contributed by atoms with E-state index in [9.17, 15) is 5.11 Å². The monoisotopic (exact) mass is 423 g/mol. The third kappa shape index (κ3) is 6.40. The number of rotatable bonds is 12. The van der Waals surface area contributed by atoms with Crippen molar-refractivity contribution >= 4 is 0 Å². The van der Waals surface area contributed by atoms with Crippen molar-refractivity contribution < 1.29 is 14.6 Å². The predicted molar refractivity (Wildman–Crippen MR) is 123 cm³/mol. The lowest BCUT2D eigenvalue weighted by atomic mass is 10.1. The van der Waals surface area contributed by atoms with Gasteiger partial charge in [0.05, 0.1) is 18.3 Å². The number of aryl methyl sites for hydroxylation is 1. The number of hydrogen-bond acceptors (Lipinski definition) is 5. The topological polar surface area (TPSA) is 59.8 Å². The SMILES string of the molecule is CCCN(Cc1c(-c2ccccc2)nn(C)c1Oc1ccccc1)C[C@H](O)COCC. The molecule has 0 bridgehead atoms. The molecule has 0 unspecified atom stereocenters. The highest BCUT2D eigenvalue weighted by Crippen LogP contribution is 2.34. The van der Waals surface area contributed by atoms with E-state index in [4.69, 9.17) is 14.6 Å². The van der Waals surface area contributed by atoms with Crippen molar-refractivity contribution in [3.63, 3.8) is 0 Å². The summed E-state index contributed by atoms with van der Waals surface area (Å²) in [6.07, 6.45) is 0.443. The molecule has 1 heterocycles. The summed E-state index contributed by atoms with van der Waals surface area (Å²) in [7, 11) is 1.91. The molecule has 1 N–H and O–H groups in total. The molecule has 0 amide bonds. The predicted octanol–water partition coefficient (Wildman–Crippen LogP) is 4.49. The maximum Gasteiger partial charge on any atom is 0.222 e. The van der Waals surface area contributed by atoms with E-state index in [0.717, 1.165) is 35.5 Å². The minimum atomic E-state index is -0.540. The van der Waals surface area contributed by atoms with E-state index in [-0.39, 0.29) is 0 Å². The fourth-order valence-electron chi connectivity index (χ4n) is 3.63. The molecule has 166 valence electrons. The molecule has 0 fully saturated rings. The first-order valence-electron chi connectivity index (χ1n) is 10.9. The molecule has 0 aliphatic heterocycles. The minimum absolute atomic E-state index is 0.336. The maximum atomic E-state index is 10.4. The average Bonchev–Trinajstić information content (AvgIpc) is 3.09. The van der Waals surface area contributed by atoms with Crippen LogP contribution >= 0.6 is 0 Å². The summed E-state index contributed by atoms with van der Waals surface area (Å²) < 4.78 is 13.5. The van der Waals surface area contributed by atoms with Crippen LogP contribution < -0.4 is 4.74 Å². The lowest BCUT2D eigenvalue weighted by molar-refractivity contribution is 0.0195. The van der Waals surface area contributed by atoms with Crippen LogP contribution in [0.2, 0.25) is 0 Å². The summed E-state index contributed by atoms with van der Waals surface area (Å²) in [5, 5.41) is 15.2. The van der Waals surface area contributed by atoms with Crippen LogP contribution in [0.5, 0.6) is 11.6 Å². The van der Waals surface area contributed by atoms with Crippen molar-refractivity contribution in [1.82, 2.24) is 14.7 Å². The van der Waals surface area contributed by atoms with Gasteiger partial charge in [-0.25, -0.2) is 4.68 Å². The number of para-hydroxylation sites is 1. The van der Waals surface area contributed by atoms with Gasteiger partial charge in [-0.15, -0.1) is 0 Å². The second-order valence-electron chi connectivity index (χ2n) is 7.59. The molecule has 31 heavy (non-hydrogen) atoms. The van der Waals surface area contributed by atoms with Crippen LogP contribution in [0.1, 0.15) is 25.8 Å². The van der Waals surface area contributed by atoms with Crippen LogP contribution in [-0.2, 0) is 18.3 Å². The van der Waals surface area contributed by atoms with Gasteiger partial charge in [-0.05, 0) is 32.0 Å². The Morgan fingerprint density at radius 1 is 1.03 bits per heavy atom. The van der Waals surface area contributed by atoms with Crippen LogP contribution in [0.25, 0.3) is 11.3 Å². The van der Waals surface area contributed by atoms with Gasteiger partial charge in [0, 0.05) is 32.3 Å². The normalized spacial score (nSPS) is 12.3.